The minimum atomic E-state index is 0.742. The first kappa shape index (κ1) is 16.1. The monoisotopic (exact) mass is 335 g/mol. The first-order chi connectivity index (χ1) is 12.3. The van der Waals surface area contributed by atoms with Crippen LogP contribution in [0.1, 0.15) is 55.3 Å². The first-order valence-corrected chi connectivity index (χ1v) is 9.49. The predicted molar refractivity (Wildman–Crippen MR) is 98.5 cm³/mol. The van der Waals surface area contributed by atoms with Crippen LogP contribution in [0.4, 0.5) is 5.82 Å². The molecule has 0 saturated carbocycles. The van der Waals surface area contributed by atoms with Gasteiger partial charge < -0.3 is 4.90 Å². The van der Waals surface area contributed by atoms with Crippen molar-refractivity contribution < 1.29 is 0 Å². The second-order valence-corrected chi connectivity index (χ2v) is 7.17. The Bertz CT molecular complexity index is 808. The quantitative estimate of drug-likeness (QED) is 0.787. The topological polar surface area (TPSA) is 57.7 Å². The number of aryl methyl sites for hydroxylation is 2. The van der Waals surface area contributed by atoms with E-state index in [0.29, 0.717) is 0 Å². The van der Waals surface area contributed by atoms with E-state index in [2.05, 4.69) is 16.1 Å². The Kier molecular flexibility index (Phi) is 4.44. The van der Waals surface area contributed by atoms with Gasteiger partial charge in [0.15, 0.2) is 0 Å². The number of anilines is 1. The van der Waals surface area contributed by atoms with E-state index in [1.54, 1.807) is 0 Å². The summed E-state index contributed by atoms with van der Waals surface area (Å²) in [6.07, 6.45) is 11.1. The number of hydrogen-bond acceptors (Lipinski definition) is 4. The molecule has 0 aromatic carbocycles. The maximum Gasteiger partial charge on any atom is 0.147 e. The molecule has 1 fully saturated rings. The van der Waals surface area contributed by atoms with Crippen LogP contribution in [0.15, 0.2) is 12.3 Å². The maximum atomic E-state index is 10.0. The van der Waals surface area contributed by atoms with Crippen LogP contribution >= 0.6 is 0 Å². The lowest BCUT2D eigenvalue weighted by Gasteiger charge is -2.30. The van der Waals surface area contributed by atoms with Gasteiger partial charge >= 0.3 is 0 Å². The van der Waals surface area contributed by atoms with Crippen LogP contribution in [-0.4, -0.2) is 27.9 Å². The van der Waals surface area contributed by atoms with Crippen LogP contribution in [0.25, 0.3) is 11.3 Å². The van der Waals surface area contributed by atoms with Crippen molar-refractivity contribution >= 4 is 5.82 Å². The van der Waals surface area contributed by atoms with Crippen molar-refractivity contribution in [3.8, 4) is 17.3 Å². The number of aromatic nitrogens is 3. The van der Waals surface area contributed by atoms with Crippen molar-refractivity contribution in [2.75, 3.05) is 18.0 Å². The van der Waals surface area contributed by atoms with Gasteiger partial charge in [-0.05, 0) is 56.6 Å². The number of fused-ring (bicyclic) bond motifs is 1. The first-order valence-electron chi connectivity index (χ1n) is 9.49. The molecule has 0 spiro atoms. The summed E-state index contributed by atoms with van der Waals surface area (Å²) in [4.78, 5) is 7.37. The highest BCUT2D eigenvalue weighted by Crippen LogP contribution is 2.37. The lowest BCUT2D eigenvalue weighted by atomic mass is 9.94. The second-order valence-electron chi connectivity index (χ2n) is 7.17. The van der Waals surface area contributed by atoms with E-state index in [4.69, 9.17) is 4.98 Å². The fourth-order valence-electron chi connectivity index (χ4n) is 4.25. The normalized spacial score (nSPS) is 17.7. The van der Waals surface area contributed by atoms with Crippen LogP contribution in [-0.2, 0) is 19.9 Å². The summed E-state index contributed by atoms with van der Waals surface area (Å²) in [6, 6.07) is 4.53. The molecule has 1 aliphatic carbocycles. The summed E-state index contributed by atoms with van der Waals surface area (Å²) in [5.74, 6) is 0.902. The van der Waals surface area contributed by atoms with E-state index in [9.17, 15) is 5.26 Å². The number of nitriles is 1. The van der Waals surface area contributed by atoms with Crippen LogP contribution in [0, 0.1) is 11.3 Å². The Hall–Kier alpha value is -2.35. The van der Waals surface area contributed by atoms with Crippen molar-refractivity contribution in [2.24, 2.45) is 7.05 Å². The number of piperidine rings is 1. The molecule has 4 rings (SSSR count). The Labute approximate surface area is 149 Å². The predicted octanol–water partition coefficient (Wildman–Crippen LogP) is 3.61. The molecule has 130 valence electrons. The van der Waals surface area contributed by atoms with Crippen LogP contribution < -0.4 is 4.90 Å². The zero-order valence-electron chi connectivity index (χ0n) is 15.0. The molecular weight excluding hydrogens is 310 g/mol. The SMILES string of the molecule is Cn1nccc1-c1c(C#N)c(N2CCCCC2)nc2c1CCCCC2. The van der Waals surface area contributed by atoms with E-state index in [-0.39, 0.29) is 0 Å². The molecule has 0 radical (unpaired) electrons. The molecule has 0 atom stereocenters. The zero-order chi connectivity index (χ0) is 17.2. The standard InChI is InChI=1S/C20H25N5/c1-24-18(10-11-22-24)19-15-8-4-2-5-9-17(15)23-20(16(19)14-21)25-12-6-3-7-13-25/h10-11H,2-9,12-13H2,1H3. The molecule has 5 nitrogen and oxygen atoms in total. The Morgan fingerprint density at radius 2 is 1.80 bits per heavy atom. The van der Waals surface area contributed by atoms with Gasteiger partial charge in [0.1, 0.15) is 17.5 Å². The fraction of sp³-hybridized carbons (Fsp3) is 0.550. The highest BCUT2D eigenvalue weighted by molar-refractivity contribution is 5.78. The average molecular weight is 335 g/mol. The molecule has 2 aromatic heterocycles. The minimum absolute atomic E-state index is 0.742. The largest absolute Gasteiger partial charge is 0.355 e. The second kappa shape index (κ2) is 6.87. The van der Waals surface area contributed by atoms with E-state index >= 15 is 0 Å². The molecule has 0 N–H and O–H groups in total. The van der Waals surface area contributed by atoms with Crippen molar-refractivity contribution in [3.05, 3.63) is 29.1 Å². The van der Waals surface area contributed by atoms with Crippen LogP contribution in [0.2, 0.25) is 0 Å². The molecule has 0 bridgehead atoms. The lowest BCUT2D eigenvalue weighted by molar-refractivity contribution is 0.572. The molecule has 1 aliphatic heterocycles. The van der Waals surface area contributed by atoms with Gasteiger partial charge in [-0.1, -0.05) is 6.42 Å². The van der Waals surface area contributed by atoms with Crippen LogP contribution in [0.5, 0.6) is 0 Å². The molecule has 0 unspecified atom stereocenters. The van der Waals surface area contributed by atoms with Gasteiger partial charge in [-0.2, -0.15) is 10.4 Å². The van der Waals surface area contributed by atoms with E-state index < -0.39 is 0 Å². The number of hydrogen-bond donors (Lipinski definition) is 0. The van der Waals surface area contributed by atoms with Crippen molar-refractivity contribution in [2.45, 2.75) is 51.4 Å². The molecule has 2 aliphatic rings. The molecule has 5 heteroatoms. The summed E-state index contributed by atoms with van der Waals surface area (Å²) in [6.45, 7) is 2.01. The van der Waals surface area contributed by atoms with Gasteiger partial charge in [-0.3, -0.25) is 4.68 Å². The Morgan fingerprint density at radius 1 is 1.04 bits per heavy atom. The minimum Gasteiger partial charge on any atom is -0.355 e. The third-order valence-corrected chi connectivity index (χ3v) is 5.55. The fourth-order valence-corrected chi connectivity index (χ4v) is 4.25. The van der Waals surface area contributed by atoms with E-state index in [1.165, 1.54) is 49.8 Å². The summed E-state index contributed by atoms with van der Waals surface area (Å²) in [7, 11) is 1.96. The summed E-state index contributed by atoms with van der Waals surface area (Å²) >= 11 is 0. The van der Waals surface area contributed by atoms with Crippen molar-refractivity contribution in [1.82, 2.24) is 14.8 Å². The average Bonchev–Trinajstić information content (AvgIpc) is 2.93. The third-order valence-electron chi connectivity index (χ3n) is 5.55. The summed E-state index contributed by atoms with van der Waals surface area (Å²) in [5.41, 5.74) is 5.34. The highest BCUT2D eigenvalue weighted by Gasteiger charge is 2.26. The van der Waals surface area contributed by atoms with Gasteiger partial charge in [0.2, 0.25) is 0 Å². The molecule has 0 amide bonds. The Balaban J connectivity index is 1.96. The third kappa shape index (κ3) is 2.90. The zero-order valence-corrected chi connectivity index (χ0v) is 15.0. The smallest absolute Gasteiger partial charge is 0.147 e. The molecule has 25 heavy (non-hydrogen) atoms. The van der Waals surface area contributed by atoms with Crippen molar-refractivity contribution in [1.29, 1.82) is 5.26 Å². The number of rotatable bonds is 2. The van der Waals surface area contributed by atoms with Gasteiger partial charge in [0.25, 0.3) is 0 Å². The summed E-state index contributed by atoms with van der Waals surface area (Å²) < 4.78 is 1.89. The number of nitrogens with zero attached hydrogens (tertiary/aromatic N) is 5. The maximum absolute atomic E-state index is 10.0. The summed E-state index contributed by atoms with van der Waals surface area (Å²) in [5, 5.41) is 14.4. The molecule has 3 heterocycles. The van der Waals surface area contributed by atoms with Gasteiger partial charge in [0, 0.05) is 37.6 Å². The number of pyridine rings is 1. The lowest BCUT2D eigenvalue weighted by Crippen LogP contribution is -2.31. The van der Waals surface area contributed by atoms with E-state index in [1.807, 2.05) is 24.0 Å². The van der Waals surface area contributed by atoms with E-state index in [0.717, 1.165) is 48.6 Å². The molecular formula is C20H25N5. The molecule has 1 saturated heterocycles. The van der Waals surface area contributed by atoms with Gasteiger partial charge in [0.05, 0.1) is 5.69 Å². The van der Waals surface area contributed by atoms with Gasteiger partial charge in [-0.15, -0.1) is 0 Å². The van der Waals surface area contributed by atoms with Crippen LogP contribution in [0.3, 0.4) is 0 Å². The highest BCUT2D eigenvalue weighted by atomic mass is 15.3. The molecule has 2 aromatic rings. The van der Waals surface area contributed by atoms with Crippen molar-refractivity contribution in [3.63, 3.8) is 0 Å². The Morgan fingerprint density at radius 3 is 2.52 bits per heavy atom. The van der Waals surface area contributed by atoms with Gasteiger partial charge in [-0.25, -0.2) is 4.98 Å².